The van der Waals surface area contributed by atoms with Gasteiger partial charge < -0.3 is 15.8 Å². The van der Waals surface area contributed by atoms with Crippen LogP contribution in [0, 0.1) is 5.41 Å². The van der Waals surface area contributed by atoms with Crippen molar-refractivity contribution in [3.05, 3.63) is 24.3 Å². The third-order valence-electron chi connectivity index (χ3n) is 4.04. The topological polar surface area (TPSA) is 84.7 Å². The second kappa shape index (κ2) is 4.79. The average molecular weight is 275 g/mol. The van der Waals surface area contributed by atoms with Gasteiger partial charge in [0.15, 0.2) is 0 Å². The summed E-state index contributed by atoms with van der Waals surface area (Å²) >= 11 is 0. The zero-order valence-corrected chi connectivity index (χ0v) is 11.1. The van der Waals surface area contributed by atoms with Crippen molar-refractivity contribution >= 4 is 23.3 Å². The summed E-state index contributed by atoms with van der Waals surface area (Å²) in [6, 6.07) is 6.36. The highest BCUT2D eigenvalue weighted by atomic mass is 16.5. The smallest absolute Gasteiger partial charge is 0.328 e. The number of anilines is 2. The molecule has 3 amide bonds. The van der Waals surface area contributed by atoms with Gasteiger partial charge >= 0.3 is 6.03 Å². The van der Waals surface area contributed by atoms with Crippen LogP contribution in [-0.2, 0) is 9.53 Å². The van der Waals surface area contributed by atoms with Crippen LogP contribution in [0.15, 0.2) is 24.3 Å². The van der Waals surface area contributed by atoms with E-state index in [0.29, 0.717) is 44.0 Å². The van der Waals surface area contributed by atoms with Gasteiger partial charge in [0.05, 0.1) is 11.1 Å². The number of carbonyl (C=O) groups excluding carboxylic acids is 2. The average Bonchev–Trinajstić information content (AvgIpc) is 2.47. The summed E-state index contributed by atoms with van der Waals surface area (Å²) in [5, 5.41) is 2.82. The monoisotopic (exact) mass is 275 g/mol. The highest BCUT2D eigenvalue weighted by molar-refractivity contribution is 6.18. The van der Waals surface area contributed by atoms with Crippen molar-refractivity contribution in [1.82, 2.24) is 5.32 Å². The molecular formula is C14H17N3O3. The van der Waals surface area contributed by atoms with Crippen molar-refractivity contribution in [3.8, 4) is 0 Å². The van der Waals surface area contributed by atoms with E-state index in [1.807, 2.05) is 0 Å². The number of urea groups is 1. The molecule has 1 spiro atoms. The number of nitrogen functional groups attached to an aromatic ring is 1. The molecule has 20 heavy (non-hydrogen) atoms. The Kier molecular flexibility index (Phi) is 3.10. The van der Waals surface area contributed by atoms with Gasteiger partial charge in [0.1, 0.15) is 0 Å². The second-order valence-electron chi connectivity index (χ2n) is 5.28. The quantitative estimate of drug-likeness (QED) is 0.752. The number of nitrogens with zero attached hydrogens (tertiary/aromatic N) is 1. The maximum Gasteiger partial charge on any atom is 0.328 e. The van der Waals surface area contributed by atoms with Gasteiger partial charge in [0, 0.05) is 25.4 Å². The predicted octanol–water partition coefficient (Wildman–Crippen LogP) is 1.12. The van der Waals surface area contributed by atoms with E-state index in [9.17, 15) is 9.59 Å². The van der Waals surface area contributed by atoms with Crippen molar-refractivity contribution in [1.29, 1.82) is 0 Å². The second-order valence-corrected chi connectivity index (χ2v) is 5.28. The van der Waals surface area contributed by atoms with Gasteiger partial charge in [-0.1, -0.05) is 0 Å². The Hall–Kier alpha value is -2.08. The maximum atomic E-state index is 12.8. The third kappa shape index (κ3) is 2.02. The van der Waals surface area contributed by atoms with Gasteiger partial charge in [-0.2, -0.15) is 0 Å². The van der Waals surface area contributed by atoms with Crippen LogP contribution < -0.4 is 16.0 Å². The first kappa shape index (κ1) is 12.9. The zero-order valence-electron chi connectivity index (χ0n) is 11.1. The molecule has 2 aliphatic rings. The number of ether oxygens (including phenoxy) is 1. The SMILES string of the molecule is Nc1ccc(N2C(=O)NCC3(CCOCC3)C2=O)cc1. The molecule has 0 aliphatic carbocycles. The number of imide groups is 1. The molecule has 0 saturated carbocycles. The largest absolute Gasteiger partial charge is 0.399 e. The predicted molar refractivity (Wildman–Crippen MR) is 74.2 cm³/mol. The van der Waals surface area contributed by atoms with E-state index in [1.165, 1.54) is 4.90 Å². The van der Waals surface area contributed by atoms with Gasteiger partial charge in [-0.05, 0) is 37.1 Å². The summed E-state index contributed by atoms with van der Waals surface area (Å²) in [5.74, 6) is -0.144. The zero-order chi connectivity index (χ0) is 14.2. The summed E-state index contributed by atoms with van der Waals surface area (Å²) in [4.78, 5) is 26.0. The molecule has 1 aromatic rings. The molecule has 106 valence electrons. The molecule has 2 fully saturated rings. The lowest BCUT2D eigenvalue weighted by Crippen LogP contribution is -2.62. The minimum atomic E-state index is -0.534. The van der Waals surface area contributed by atoms with Gasteiger partial charge in [-0.15, -0.1) is 0 Å². The molecule has 1 aromatic carbocycles. The fraction of sp³-hybridized carbons (Fsp3) is 0.429. The Morgan fingerprint density at radius 1 is 1.15 bits per heavy atom. The lowest BCUT2D eigenvalue weighted by atomic mass is 9.77. The lowest BCUT2D eigenvalue weighted by Gasteiger charge is -2.42. The van der Waals surface area contributed by atoms with Crippen molar-refractivity contribution < 1.29 is 14.3 Å². The molecule has 0 aromatic heterocycles. The fourth-order valence-electron chi connectivity index (χ4n) is 2.74. The Labute approximate surface area is 116 Å². The summed E-state index contributed by atoms with van der Waals surface area (Å²) in [6.45, 7) is 1.49. The Balaban J connectivity index is 1.93. The van der Waals surface area contributed by atoms with Crippen LogP contribution in [0.4, 0.5) is 16.2 Å². The van der Waals surface area contributed by atoms with Crippen molar-refractivity contribution in [2.75, 3.05) is 30.4 Å². The first-order valence-electron chi connectivity index (χ1n) is 6.68. The van der Waals surface area contributed by atoms with Crippen LogP contribution in [0.3, 0.4) is 0 Å². The molecule has 6 heteroatoms. The summed E-state index contributed by atoms with van der Waals surface area (Å²) in [6.07, 6.45) is 1.27. The van der Waals surface area contributed by atoms with E-state index in [2.05, 4.69) is 5.32 Å². The molecule has 3 rings (SSSR count). The van der Waals surface area contributed by atoms with Crippen molar-refractivity contribution in [3.63, 3.8) is 0 Å². The summed E-state index contributed by atoms with van der Waals surface area (Å²) in [5.41, 5.74) is 6.25. The Morgan fingerprint density at radius 3 is 2.45 bits per heavy atom. The van der Waals surface area contributed by atoms with Gasteiger partial charge in [0.2, 0.25) is 5.91 Å². The third-order valence-corrected chi connectivity index (χ3v) is 4.04. The molecule has 2 aliphatic heterocycles. The summed E-state index contributed by atoms with van der Waals surface area (Å²) < 4.78 is 5.33. The van der Waals surface area contributed by atoms with E-state index >= 15 is 0 Å². The number of hydrogen-bond acceptors (Lipinski definition) is 4. The van der Waals surface area contributed by atoms with E-state index in [1.54, 1.807) is 24.3 Å². The summed E-state index contributed by atoms with van der Waals surface area (Å²) in [7, 11) is 0. The van der Waals surface area contributed by atoms with Crippen LogP contribution in [0.2, 0.25) is 0 Å². The number of rotatable bonds is 1. The highest BCUT2D eigenvalue weighted by Crippen LogP contribution is 2.36. The number of amides is 3. The standard InChI is InChI=1S/C14H17N3O3/c15-10-1-3-11(4-2-10)17-12(18)14(9-16-13(17)19)5-7-20-8-6-14/h1-4H,5-9,15H2,(H,16,19). The van der Waals surface area contributed by atoms with Crippen LogP contribution in [-0.4, -0.2) is 31.7 Å². The first-order chi connectivity index (χ1) is 9.62. The van der Waals surface area contributed by atoms with E-state index in [-0.39, 0.29) is 11.9 Å². The molecule has 2 saturated heterocycles. The van der Waals surface area contributed by atoms with Crippen LogP contribution in [0.25, 0.3) is 0 Å². The molecule has 3 N–H and O–H groups in total. The van der Waals surface area contributed by atoms with Crippen LogP contribution >= 0.6 is 0 Å². The molecule has 6 nitrogen and oxygen atoms in total. The van der Waals surface area contributed by atoms with Gasteiger partial charge in [-0.3, -0.25) is 4.79 Å². The Bertz CT molecular complexity index is 535. The molecule has 0 unspecified atom stereocenters. The molecule has 0 atom stereocenters. The van der Waals surface area contributed by atoms with E-state index in [4.69, 9.17) is 10.5 Å². The number of nitrogens with two attached hydrogens (primary N) is 1. The number of benzene rings is 1. The van der Waals surface area contributed by atoms with Crippen LogP contribution in [0.5, 0.6) is 0 Å². The number of carbonyl (C=O) groups is 2. The van der Waals surface area contributed by atoms with E-state index in [0.717, 1.165) is 0 Å². The molecular weight excluding hydrogens is 258 g/mol. The van der Waals surface area contributed by atoms with Crippen molar-refractivity contribution in [2.24, 2.45) is 5.41 Å². The molecule has 0 bridgehead atoms. The fourth-order valence-corrected chi connectivity index (χ4v) is 2.74. The van der Waals surface area contributed by atoms with Crippen LogP contribution in [0.1, 0.15) is 12.8 Å². The van der Waals surface area contributed by atoms with E-state index < -0.39 is 5.41 Å². The number of nitrogens with one attached hydrogen (secondary N) is 1. The van der Waals surface area contributed by atoms with Gasteiger partial charge in [-0.25, -0.2) is 9.69 Å². The lowest BCUT2D eigenvalue weighted by molar-refractivity contribution is -0.133. The first-order valence-corrected chi connectivity index (χ1v) is 6.68. The maximum absolute atomic E-state index is 12.8. The Morgan fingerprint density at radius 2 is 1.80 bits per heavy atom. The minimum absolute atomic E-state index is 0.144. The van der Waals surface area contributed by atoms with Gasteiger partial charge in [0.25, 0.3) is 0 Å². The normalized spacial score (nSPS) is 21.9. The highest BCUT2D eigenvalue weighted by Gasteiger charge is 2.48. The van der Waals surface area contributed by atoms with Crippen molar-refractivity contribution in [2.45, 2.75) is 12.8 Å². The minimum Gasteiger partial charge on any atom is -0.399 e. The number of hydrogen-bond donors (Lipinski definition) is 2. The molecule has 0 radical (unpaired) electrons. The molecule has 2 heterocycles.